The van der Waals surface area contributed by atoms with Crippen molar-refractivity contribution in [2.75, 3.05) is 35.6 Å². The summed E-state index contributed by atoms with van der Waals surface area (Å²) in [4.78, 5) is 7.71. The molecule has 0 unspecified atom stereocenters. The molecule has 0 amide bonds. The molecule has 2 heterocycles. The first-order valence-corrected chi connectivity index (χ1v) is 11.6. The summed E-state index contributed by atoms with van der Waals surface area (Å²) in [6.45, 7) is 4.63. The summed E-state index contributed by atoms with van der Waals surface area (Å²) in [7, 11) is -2.80. The fourth-order valence-corrected chi connectivity index (χ4v) is 5.28. The molecule has 1 aliphatic rings. The molecule has 1 aromatic heterocycles. The molecule has 1 aliphatic heterocycles. The molecular formula is C22H28N4O2S. The average Bonchev–Trinajstić information content (AvgIpc) is 2.84. The highest BCUT2D eigenvalue weighted by molar-refractivity contribution is 8.24. The molecule has 5 N–H and O–H groups in total. The van der Waals surface area contributed by atoms with Crippen LogP contribution in [-0.2, 0) is 6.54 Å². The third-order valence-electron chi connectivity index (χ3n) is 5.30. The lowest BCUT2D eigenvalue weighted by molar-refractivity contribution is 0.488. The molecule has 0 bridgehead atoms. The third-order valence-corrected chi connectivity index (χ3v) is 7.16. The second kappa shape index (κ2) is 8.20. The number of hydrogen-bond acceptors (Lipinski definition) is 6. The predicted molar refractivity (Wildman–Crippen MR) is 122 cm³/mol. The Morgan fingerprint density at radius 1 is 1.17 bits per heavy atom. The number of nitrogens with zero attached hydrogens (tertiary/aromatic N) is 2. The van der Waals surface area contributed by atoms with Crippen molar-refractivity contribution >= 4 is 33.0 Å². The van der Waals surface area contributed by atoms with Crippen molar-refractivity contribution in [2.45, 2.75) is 24.8 Å². The van der Waals surface area contributed by atoms with E-state index in [-0.39, 0.29) is 0 Å². The van der Waals surface area contributed by atoms with Crippen molar-refractivity contribution in [3.8, 4) is 0 Å². The van der Waals surface area contributed by atoms with Crippen LogP contribution in [0, 0.1) is 6.92 Å². The predicted octanol–water partition coefficient (Wildman–Crippen LogP) is 4.43. The summed E-state index contributed by atoms with van der Waals surface area (Å²) in [5, 5.41) is 4.58. The van der Waals surface area contributed by atoms with Crippen LogP contribution in [0.3, 0.4) is 0 Å². The number of benzene rings is 2. The van der Waals surface area contributed by atoms with Gasteiger partial charge in [0.2, 0.25) is 0 Å². The number of fused-ring (bicyclic) bond motifs is 2. The number of anilines is 2. The summed E-state index contributed by atoms with van der Waals surface area (Å²) in [5.74, 6) is 1.14. The molecule has 0 saturated heterocycles. The van der Waals surface area contributed by atoms with Gasteiger partial charge in [-0.25, -0.2) is 4.98 Å². The number of hydrogen-bond donors (Lipinski definition) is 4. The monoisotopic (exact) mass is 412 g/mol. The topological polar surface area (TPSA) is 94.6 Å². The minimum absolute atomic E-state index is 0.299. The maximum Gasteiger partial charge on any atom is 0.131 e. The fraction of sp³-hybridized carbons (Fsp3) is 0.318. The van der Waals surface area contributed by atoms with E-state index in [1.54, 1.807) is 0 Å². The molecule has 4 rings (SSSR count). The first-order valence-electron chi connectivity index (χ1n) is 9.92. The minimum Gasteiger partial charge on any atom is -0.384 e. The lowest BCUT2D eigenvalue weighted by Gasteiger charge is -2.32. The SMILES string of the molecule is Cc1ccc2c(NCCCN)cc(N3CCS(O)(O)c4ccccc4C3)nc2c1. The molecular weight excluding hydrogens is 384 g/mol. The van der Waals surface area contributed by atoms with Crippen molar-refractivity contribution < 1.29 is 9.11 Å². The number of pyridine rings is 1. The maximum atomic E-state index is 10.6. The van der Waals surface area contributed by atoms with E-state index in [4.69, 9.17) is 10.7 Å². The van der Waals surface area contributed by atoms with Crippen molar-refractivity contribution in [2.24, 2.45) is 5.73 Å². The molecule has 6 nitrogen and oxygen atoms in total. The molecule has 0 atom stereocenters. The maximum absolute atomic E-state index is 10.6. The highest BCUT2D eigenvalue weighted by Crippen LogP contribution is 2.51. The number of aromatic nitrogens is 1. The highest BCUT2D eigenvalue weighted by atomic mass is 32.3. The van der Waals surface area contributed by atoms with Gasteiger partial charge in [-0.2, -0.15) is 10.6 Å². The van der Waals surface area contributed by atoms with Crippen LogP contribution in [0.5, 0.6) is 0 Å². The van der Waals surface area contributed by atoms with E-state index in [0.717, 1.165) is 46.5 Å². The number of aryl methyl sites for hydroxylation is 1. The van der Waals surface area contributed by atoms with Crippen LogP contribution < -0.4 is 16.0 Å². The summed E-state index contributed by atoms with van der Waals surface area (Å²) >= 11 is 0. The zero-order valence-corrected chi connectivity index (χ0v) is 17.5. The third kappa shape index (κ3) is 4.18. The Hall–Kier alpha value is -2.32. The van der Waals surface area contributed by atoms with Gasteiger partial charge in [0, 0.05) is 36.8 Å². The molecule has 0 radical (unpaired) electrons. The molecule has 0 saturated carbocycles. The van der Waals surface area contributed by atoms with Crippen LogP contribution >= 0.6 is 10.6 Å². The number of nitrogens with one attached hydrogen (secondary N) is 1. The van der Waals surface area contributed by atoms with Crippen LogP contribution in [0.2, 0.25) is 0 Å². The smallest absolute Gasteiger partial charge is 0.131 e. The summed E-state index contributed by atoms with van der Waals surface area (Å²) in [5.41, 5.74) is 9.71. The molecule has 0 fully saturated rings. The van der Waals surface area contributed by atoms with Crippen molar-refractivity contribution in [3.63, 3.8) is 0 Å². The van der Waals surface area contributed by atoms with Gasteiger partial charge >= 0.3 is 0 Å². The zero-order valence-electron chi connectivity index (χ0n) is 16.6. The Bertz CT molecular complexity index is 1020. The van der Waals surface area contributed by atoms with E-state index in [1.807, 2.05) is 24.3 Å². The normalized spacial score (nSPS) is 16.9. The van der Waals surface area contributed by atoms with Gasteiger partial charge in [-0.05, 0) is 43.1 Å². The zero-order chi connectivity index (χ0) is 20.4. The van der Waals surface area contributed by atoms with E-state index in [1.165, 1.54) is 0 Å². The Morgan fingerprint density at radius 3 is 2.83 bits per heavy atom. The van der Waals surface area contributed by atoms with Crippen molar-refractivity contribution in [1.29, 1.82) is 0 Å². The van der Waals surface area contributed by atoms with E-state index in [9.17, 15) is 9.11 Å². The number of nitrogens with two attached hydrogens (primary N) is 1. The van der Waals surface area contributed by atoms with Gasteiger partial charge in [0.1, 0.15) is 5.82 Å². The lowest BCUT2D eigenvalue weighted by Crippen LogP contribution is -2.26. The van der Waals surface area contributed by atoms with Gasteiger partial charge in [0.05, 0.1) is 16.2 Å². The second-order valence-corrected chi connectivity index (χ2v) is 9.70. The summed E-state index contributed by atoms with van der Waals surface area (Å²) in [6, 6.07) is 15.9. The van der Waals surface area contributed by atoms with Gasteiger partial charge in [-0.3, -0.25) is 9.11 Å². The summed E-state index contributed by atoms with van der Waals surface area (Å²) < 4.78 is 21.3. The average molecular weight is 413 g/mol. The Labute approximate surface area is 173 Å². The van der Waals surface area contributed by atoms with Crippen LogP contribution in [0.4, 0.5) is 11.5 Å². The largest absolute Gasteiger partial charge is 0.384 e. The van der Waals surface area contributed by atoms with Crippen LogP contribution in [-0.4, -0.2) is 39.5 Å². The standard InChI is InChI=1S/C22H28N4O2S/c1-16-7-8-18-19(24-10-4-9-23)14-22(25-20(18)13-16)26-11-12-29(27,28)21-6-3-2-5-17(21)15-26/h2-3,5-8,13-14,27-28H,4,9-12,15,23H2,1H3,(H,24,25). The van der Waals surface area contributed by atoms with Gasteiger partial charge in [-0.15, -0.1) is 0 Å². The first kappa shape index (κ1) is 20.0. The first-order chi connectivity index (χ1) is 14.0. The molecule has 7 heteroatoms. The molecule has 2 aromatic carbocycles. The van der Waals surface area contributed by atoms with Crippen molar-refractivity contribution in [1.82, 2.24) is 4.98 Å². The lowest BCUT2D eigenvalue weighted by atomic mass is 10.1. The van der Waals surface area contributed by atoms with Crippen LogP contribution in [0.15, 0.2) is 53.4 Å². The molecule has 0 aliphatic carbocycles. The Morgan fingerprint density at radius 2 is 2.00 bits per heavy atom. The van der Waals surface area contributed by atoms with E-state index in [2.05, 4.69) is 41.4 Å². The summed E-state index contributed by atoms with van der Waals surface area (Å²) in [6.07, 6.45) is 0.892. The second-order valence-electron chi connectivity index (χ2n) is 7.52. The van der Waals surface area contributed by atoms with Crippen LogP contribution in [0.25, 0.3) is 10.9 Å². The van der Waals surface area contributed by atoms with E-state index >= 15 is 0 Å². The minimum atomic E-state index is -2.80. The van der Waals surface area contributed by atoms with E-state index in [0.29, 0.717) is 30.3 Å². The fourth-order valence-electron chi connectivity index (χ4n) is 3.74. The van der Waals surface area contributed by atoms with Gasteiger partial charge in [0.15, 0.2) is 0 Å². The Balaban J connectivity index is 1.75. The van der Waals surface area contributed by atoms with Gasteiger partial charge in [0.25, 0.3) is 0 Å². The number of rotatable bonds is 5. The molecule has 3 aromatic rings. The Kier molecular flexibility index (Phi) is 5.65. The van der Waals surface area contributed by atoms with Crippen molar-refractivity contribution in [3.05, 3.63) is 59.7 Å². The molecule has 0 spiro atoms. The van der Waals surface area contributed by atoms with E-state index < -0.39 is 10.6 Å². The van der Waals surface area contributed by atoms with Gasteiger partial charge < -0.3 is 16.0 Å². The molecule has 154 valence electrons. The quantitative estimate of drug-likeness (QED) is 0.463. The van der Waals surface area contributed by atoms with Gasteiger partial charge in [-0.1, -0.05) is 30.3 Å². The van der Waals surface area contributed by atoms with Crippen LogP contribution in [0.1, 0.15) is 17.5 Å². The molecule has 29 heavy (non-hydrogen) atoms. The highest BCUT2D eigenvalue weighted by Gasteiger charge is 2.26.